The number of benzene rings is 4. The van der Waals surface area contributed by atoms with Crippen LogP contribution in [0.4, 0.5) is 0 Å². The van der Waals surface area contributed by atoms with E-state index in [-0.39, 0.29) is 0 Å². The summed E-state index contributed by atoms with van der Waals surface area (Å²) in [4.78, 5) is 0. The lowest BCUT2D eigenvalue weighted by Crippen LogP contribution is -2.01. The first-order valence-electron chi connectivity index (χ1n) is 13.5. The minimum atomic E-state index is 0.655. The number of rotatable bonds is 8. The Balaban J connectivity index is 2.03. The van der Waals surface area contributed by atoms with Crippen LogP contribution in [-0.2, 0) is 25.7 Å². The Hall–Kier alpha value is -2.34. The topological polar surface area (TPSA) is 0 Å². The predicted octanol–water partition coefficient (Wildman–Crippen LogP) is 9.94. The van der Waals surface area contributed by atoms with E-state index in [9.17, 15) is 0 Å². The number of hydrogen-bond acceptors (Lipinski definition) is 0. The van der Waals surface area contributed by atoms with Crippen LogP contribution < -0.4 is 0 Å². The molecule has 34 heavy (non-hydrogen) atoms. The lowest BCUT2D eigenvalue weighted by atomic mass is 9.87. The quantitative estimate of drug-likeness (QED) is 0.233. The molecular formula is C34H44. The van der Waals surface area contributed by atoms with Gasteiger partial charge in [-0.25, -0.2) is 0 Å². The largest absolute Gasteiger partial charge is 0.0625 e. The highest BCUT2D eigenvalue weighted by Gasteiger charge is 2.14. The van der Waals surface area contributed by atoms with Crippen molar-refractivity contribution in [2.24, 2.45) is 23.7 Å². The monoisotopic (exact) mass is 452 g/mol. The van der Waals surface area contributed by atoms with Crippen LogP contribution in [0.2, 0.25) is 0 Å². The van der Waals surface area contributed by atoms with Crippen molar-refractivity contribution < 1.29 is 0 Å². The molecule has 0 unspecified atom stereocenters. The summed E-state index contributed by atoms with van der Waals surface area (Å²) in [6.45, 7) is 18.6. The molecule has 0 saturated heterocycles. The second-order valence-electron chi connectivity index (χ2n) is 12.3. The van der Waals surface area contributed by atoms with E-state index in [4.69, 9.17) is 0 Å². The van der Waals surface area contributed by atoms with Gasteiger partial charge in [-0.15, -0.1) is 0 Å². The van der Waals surface area contributed by atoms with Gasteiger partial charge in [-0.05, 0) is 128 Å². The van der Waals surface area contributed by atoms with E-state index in [0.717, 1.165) is 25.7 Å². The average molecular weight is 453 g/mol. The first-order chi connectivity index (χ1) is 16.1. The molecule has 0 fully saturated rings. The molecule has 4 aromatic carbocycles. The molecule has 0 atom stereocenters. The lowest BCUT2D eigenvalue weighted by molar-refractivity contribution is 0.644. The summed E-state index contributed by atoms with van der Waals surface area (Å²) in [5, 5.41) is 8.62. The molecule has 0 aliphatic rings. The predicted molar refractivity (Wildman–Crippen MR) is 153 cm³/mol. The summed E-state index contributed by atoms with van der Waals surface area (Å²) in [5.41, 5.74) is 5.98. The standard InChI is InChI=1S/C34H44/c1-21(2)13-25-9-10-26(14-22(3)4)32-18-30-20-34-28(16-24(7)8)12-11-27(15-23(5)6)33(34)19-29(30)17-31(25)32/h9-12,17-24H,13-16H2,1-8H3. The molecule has 0 bridgehead atoms. The molecule has 0 radical (unpaired) electrons. The zero-order chi connectivity index (χ0) is 24.6. The summed E-state index contributed by atoms with van der Waals surface area (Å²) in [6, 6.07) is 19.6. The fraction of sp³-hybridized carbons (Fsp3) is 0.471. The third-order valence-electron chi connectivity index (χ3n) is 6.98. The lowest BCUT2D eigenvalue weighted by Gasteiger charge is -2.18. The van der Waals surface area contributed by atoms with E-state index in [1.54, 1.807) is 0 Å². The van der Waals surface area contributed by atoms with Crippen molar-refractivity contribution in [1.29, 1.82) is 0 Å². The van der Waals surface area contributed by atoms with Crippen LogP contribution in [0.1, 0.15) is 77.6 Å². The summed E-state index contributed by atoms with van der Waals surface area (Å²) in [5.74, 6) is 2.62. The summed E-state index contributed by atoms with van der Waals surface area (Å²) in [6.07, 6.45) is 4.53. The number of hydrogen-bond donors (Lipinski definition) is 0. The Morgan fingerprint density at radius 2 is 0.588 bits per heavy atom. The molecule has 0 aliphatic carbocycles. The molecule has 0 aromatic heterocycles. The van der Waals surface area contributed by atoms with Crippen LogP contribution in [0.3, 0.4) is 0 Å². The van der Waals surface area contributed by atoms with Gasteiger partial charge in [0.2, 0.25) is 0 Å². The van der Waals surface area contributed by atoms with Crippen molar-refractivity contribution in [3.05, 3.63) is 70.8 Å². The first kappa shape index (κ1) is 24.8. The van der Waals surface area contributed by atoms with E-state index >= 15 is 0 Å². The summed E-state index contributed by atoms with van der Waals surface area (Å²) >= 11 is 0. The van der Waals surface area contributed by atoms with Crippen LogP contribution in [0.25, 0.3) is 32.3 Å². The first-order valence-corrected chi connectivity index (χ1v) is 13.5. The molecule has 4 rings (SSSR count). The summed E-state index contributed by atoms with van der Waals surface area (Å²) in [7, 11) is 0. The maximum atomic E-state index is 2.50. The molecule has 0 N–H and O–H groups in total. The van der Waals surface area contributed by atoms with E-state index < -0.39 is 0 Å². The highest BCUT2D eigenvalue weighted by Crippen LogP contribution is 2.35. The van der Waals surface area contributed by atoms with Crippen LogP contribution in [0.5, 0.6) is 0 Å². The third kappa shape index (κ3) is 5.32. The van der Waals surface area contributed by atoms with Gasteiger partial charge in [0.25, 0.3) is 0 Å². The fourth-order valence-corrected chi connectivity index (χ4v) is 5.65. The molecular weight excluding hydrogens is 408 g/mol. The van der Waals surface area contributed by atoms with Gasteiger partial charge in [-0.2, -0.15) is 0 Å². The molecule has 0 heterocycles. The Morgan fingerprint density at radius 3 is 0.765 bits per heavy atom. The van der Waals surface area contributed by atoms with Crippen molar-refractivity contribution in [2.75, 3.05) is 0 Å². The molecule has 0 spiro atoms. The zero-order valence-corrected chi connectivity index (χ0v) is 22.8. The Labute approximate surface area is 207 Å². The molecule has 180 valence electrons. The minimum absolute atomic E-state index is 0.655. The van der Waals surface area contributed by atoms with E-state index in [1.165, 1.54) is 54.6 Å². The smallest absolute Gasteiger partial charge is 0.0143 e. The Bertz CT molecular complexity index is 1100. The van der Waals surface area contributed by atoms with Crippen molar-refractivity contribution in [3.63, 3.8) is 0 Å². The van der Waals surface area contributed by atoms with Crippen molar-refractivity contribution in [3.8, 4) is 0 Å². The van der Waals surface area contributed by atoms with Gasteiger partial charge in [-0.3, -0.25) is 0 Å². The van der Waals surface area contributed by atoms with E-state index in [2.05, 4.69) is 104 Å². The Morgan fingerprint density at radius 1 is 0.382 bits per heavy atom. The van der Waals surface area contributed by atoms with Gasteiger partial charge in [-0.1, -0.05) is 79.7 Å². The van der Waals surface area contributed by atoms with E-state index in [1.807, 2.05) is 0 Å². The molecule has 0 nitrogen and oxygen atoms in total. The SMILES string of the molecule is CC(C)Cc1ccc(CC(C)C)c2cc3cc4c(CC(C)C)ccc(CC(C)C)c4cc3cc12. The molecule has 0 amide bonds. The van der Waals surface area contributed by atoms with Gasteiger partial charge in [0, 0.05) is 0 Å². The highest BCUT2D eigenvalue weighted by atomic mass is 14.2. The second kappa shape index (κ2) is 10.1. The second-order valence-corrected chi connectivity index (χ2v) is 12.3. The van der Waals surface area contributed by atoms with Crippen molar-refractivity contribution >= 4 is 32.3 Å². The van der Waals surface area contributed by atoms with Gasteiger partial charge in [0.15, 0.2) is 0 Å². The third-order valence-corrected chi connectivity index (χ3v) is 6.98. The van der Waals surface area contributed by atoms with E-state index in [0.29, 0.717) is 23.7 Å². The van der Waals surface area contributed by atoms with Crippen LogP contribution in [-0.4, -0.2) is 0 Å². The molecule has 0 saturated carbocycles. The number of fused-ring (bicyclic) bond motifs is 3. The van der Waals surface area contributed by atoms with Gasteiger partial charge >= 0.3 is 0 Å². The normalized spacial score (nSPS) is 12.5. The highest BCUT2D eigenvalue weighted by molar-refractivity contribution is 6.07. The van der Waals surface area contributed by atoms with Crippen LogP contribution in [0, 0.1) is 23.7 Å². The van der Waals surface area contributed by atoms with Gasteiger partial charge < -0.3 is 0 Å². The fourth-order valence-electron chi connectivity index (χ4n) is 5.65. The van der Waals surface area contributed by atoms with Gasteiger partial charge in [0.1, 0.15) is 0 Å². The van der Waals surface area contributed by atoms with Crippen LogP contribution >= 0.6 is 0 Å². The molecule has 0 heteroatoms. The van der Waals surface area contributed by atoms with Crippen molar-refractivity contribution in [1.82, 2.24) is 0 Å². The molecule has 0 aliphatic heterocycles. The maximum Gasteiger partial charge on any atom is -0.0143 e. The maximum absolute atomic E-state index is 2.50. The average Bonchev–Trinajstić information content (AvgIpc) is 2.73. The minimum Gasteiger partial charge on any atom is -0.0625 e. The summed E-state index contributed by atoms with van der Waals surface area (Å²) < 4.78 is 0. The van der Waals surface area contributed by atoms with Crippen LogP contribution in [0.15, 0.2) is 48.5 Å². The molecule has 4 aromatic rings. The Kier molecular flexibility index (Phi) is 7.36. The van der Waals surface area contributed by atoms with Gasteiger partial charge in [0.05, 0.1) is 0 Å². The van der Waals surface area contributed by atoms with Crippen molar-refractivity contribution in [2.45, 2.75) is 81.1 Å². The zero-order valence-electron chi connectivity index (χ0n) is 22.8.